The second kappa shape index (κ2) is 43.5. The normalized spacial score (nSPS) is 10.8. The van der Waals surface area contributed by atoms with Crippen molar-refractivity contribution in [2.75, 3.05) is 51.1 Å². The summed E-state index contributed by atoms with van der Waals surface area (Å²) in [4.78, 5) is 19.8. The Labute approximate surface area is 475 Å². The number of thiophene rings is 1. The highest BCUT2D eigenvalue weighted by atomic mass is 35.5. The molecule has 1 unspecified atom stereocenters. The Hall–Kier alpha value is -4.47. The predicted molar refractivity (Wildman–Crippen MR) is 335 cm³/mol. The average Bonchev–Trinajstić information content (AvgIpc) is 3.94. The van der Waals surface area contributed by atoms with Crippen LogP contribution in [0.15, 0.2) is 85.2 Å². The van der Waals surface area contributed by atoms with E-state index in [4.69, 9.17) is 48.1 Å². The number of nitrogens with zero attached hydrogens (tertiary/aromatic N) is 2. The Balaban J connectivity index is 0. The van der Waals surface area contributed by atoms with Crippen LogP contribution in [-0.4, -0.2) is 68.6 Å². The molecule has 0 aliphatic rings. The third-order valence-electron chi connectivity index (χ3n) is 11.2. The maximum Gasteiger partial charge on any atom is 0.136 e. The summed E-state index contributed by atoms with van der Waals surface area (Å²) in [6.07, 6.45) is 9.85. The third-order valence-corrected chi connectivity index (χ3v) is 13.6. The summed E-state index contributed by atoms with van der Waals surface area (Å²) >= 11 is 9.32. The van der Waals surface area contributed by atoms with E-state index in [-0.39, 0.29) is 11.3 Å². The van der Waals surface area contributed by atoms with Crippen molar-refractivity contribution in [2.24, 2.45) is 22.8 Å². The van der Waals surface area contributed by atoms with E-state index in [0.29, 0.717) is 87.2 Å². The standard InChI is InChI=1S/C21H26ClN3S.C12H24N2O3.C11H12N2S.C10H20O.C6H14.C2H6/c1-6-7-8-19(24)25(16(5)23)21-20(13(2)15(4)26-21)14(3)17-9-11-18(22)12-10-17;1-11(2)14-4-5-15-6-7-16-8-9-17-10-12(3)13;1-8-11(14-7-13-8)10-4-2-9(6-12)3-5-10;1-6-8(2)9(11)7-10(3,4)5;1-3-5-6-4-2;1-2/h9-12,23-24H,3,6-8H2,1-2,4-5H3;14H,1,3-10,13H2,2H3;2-5,7H,6,12H2,1H3;8H,6-7H2,1-5H3;3-6H2,1-2H3;1-2H3. The van der Waals surface area contributed by atoms with Gasteiger partial charge in [-0.05, 0) is 92.8 Å². The molecular formula is C62H102ClN7O4S2. The van der Waals surface area contributed by atoms with Crippen molar-refractivity contribution in [1.82, 2.24) is 10.3 Å². The van der Waals surface area contributed by atoms with Gasteiger partial charge < -0.3 is 31.0 Å². The monoisotopic (exact) mass is 1110 g/mol. The highest BCUT2D eigenvalue weighted by molar-refractivity contribution is 7.17. The van der Waals surface area contributed by atoms with Gasteiger partial charge in [0.1, 0.15) is 22.5 Å². The number of carbonyl (C=O) groups excluding carboxylic acids is 1. The second-order valence-corrected chi connectivity index (χ2v) is 21.9. The van der Waals surface area contributed by atoms with Gasteiger partial charge in [-0.3, -0.25) is 20.5 Å². The number of carbonyl (C=O) groups is 1. The second-order valence-electron chi connectivity index (χ2n) is 19.5. The van der Waals surface area contributed by atoms with Crippen molar-refractivity contribution in [2.45, 2.75) is 168 Å². The molecule has 4 rings (SSSR count). The van der Waals surface area contributed by atoms with E-state index in [2.05, 4.69) is 117 Å². The molecule has 2 aromatic carbocycles. The number of hydrogen-bond acceptors (Lipinski definition) is 12. The number of Topliss-reactive ketones (excluding diaryl/α,β-unsaturated/α-hetero) is 1. The number of amidine groups is 2. The number of nitrogens with two attached hydrogens (primary N) is 2. The van der Waals surface area contributed by atoms with E-state index in [1.54, 1.807) is 34.5 Å². The van der Waals surface area contributed by atoms with E-state index in [1.165, 1.54) is 41.0 Å². The first-order valence-corrected chi connectivity index (χ1v) is 29.3. The van der Waals surface area contributed by atoms with Gasteiger partial charge in [0.2, 0.25) is 0 Å². The number of hydrogen-bond donors (Lipinski definition) is 5. The third kappa shape index (κ3) is 33.0. The maximum atomic E-state index is 11.4. The lowest BCUT2D eigenvalue weighted by atomic mass is 9.85. The minimum atomic E-state index is 0.153. The molecule has 0 saturated carbocycles. The van der Waals surface area contributed by atoms with Gasteiger partial charge in [-0.1, -0.05) is 169 Å². The van der Waals surface area contributed by atoms with Crippen molar-refractivity contribution in [3.8, 4) is 10.4 Å². The first-order valence-electron chi connectivity index (χ1n) is 27.3. The zero-order chi connectivity index (χ0) is 58.2. The van der Waals surface area contributed by atoms with E-state index in [0.717, 1.165) is 70.0 Å². The molecule has 0 saturated heterocycles. The lowest BCUT2D eigenvalue weighted by molar-refractivity contribution is -0.124. The number of thiazole rings is 1. The topological polar surface area (TPSA) is 173 Å². The van der Waals surface area contributed by atoms with Gasteiger partial charge in [0, 0.05) is 58.7 Å². The number of nitrogens with one attached hydrogen (secondary N) is 3. The zero-order valence-corrected chi connectivity index (χ0v) is 52.2. The minimum Gasteiger partial charge on any atom is -0.401 e. The molecule has 0 spiro atoms. The van der Waals surface area contributed by atoms with E-state index in [9.17, 15) is 4.79 Å². The van der Waals surface area contributed by atoms with E-state index < -0.39 is 0 Å². The number of unbranched alkanes of at least 4 members (excludes halogenated alkanes) is 4. The van der Waals surface area contributed by atoms with Crippen LogP contribution in [0.25, 0.3) is 16.0 Å². The molecule has 14 heteroatoms. The van der Waals surface area contributed by atoms with Gasteiger partial charge in [0.15, 0.2) is 0 Å². The number of rotatable bonds is 26. The Bertz CT molecular complexity index is 2200. The molecule has 0 bridgehead atoms. The summed E-state index contributed by atoms with van der Waals surface area (Å²) in [5.74, 6) is 1.47. The van der Waals surface area contributed by atoms with Crippen LogP contribution < -0.4 is 21.7 Å². The van der Waals surface area contributed by atoms with Gasteiger partial charge in [-0.25, -0.2) is 4.98 Å². The quantitative estimate of drug-likeness (QED) is 0.0233. The fourth-order valence-corrected chi connectivity index (χ4v) is 8.83. The van der Waals surface area contributed by atoms with Crippen LogP contribution in [0.4, 0.5) is 5.00 Å². The van der Waals surface area contributed by atoms with Crippen LogP contribution in [0.3, 0.4) is 0 Å². The summed E-state index contributed by atoms with van der Waals surface area (Å²) in [5, 5.41) is 21.4. The van der Waals surface area contributed by atoms with Crippen molar-refractivity contribution in [3.05, 3.63) is 123 Å². The van der Waals surface area contributed by atoms with Crippen molar-refractivity contribution in [3.63, 3.8) is 0 Å². The van der Waals surface area contributed by atoms with Crippen LogP contribution in [-0.2, 0) is 25.5 Å². The van der Waals surface area contributed by atoms with Crippen LogP contribution in [0.2, 0.25) is 5.02 Å². The average molecular weight is 1110 g/mol. The van der Waals surface area contributed by atoms with Gasteiger partial charge in [-0.2, -0.15) is 0 Å². The molecule has 7 N–H and O–H groups in total. The van der Waals surface area contributed by atoms with Gasteiger partial charge in [0.25, 0.3) is 0 Å². The number of ether oxygens (including phenoxy) is 3. The van der Waals surface area contributed by atoms with Crippen LogP contribution in [0.1, 0.15) is 174 Å². The van der Waals surface area contributed by atoms with Crippen molar-refractivity contribution in [1.29, 1.82) is 10.8 Å². The number of halogens is 1. The van der Waals surface area contributed by atoms with Gasteiger partial charge in [-0.15, -0.1) is 22.7 Å². The number of ketones is 1. The molecule has 0 radical (unpaired) electrons. The SMILES string of the molecule is C=C(N)COCCOCCOCCNC(=C)C.C=C(c1ccc(Cl)cc1)c1c(N(C(C)=N)C(=N)CCCC)sc(C)c1C.CC.CCC(C)C(=O)CC(C)(C)C.CCCCCC.Cc1ncsc1-c1ccc(CN)cc1. The molecule has 428 valence electrons. The van der Waals surface area contributed by atoms with Crippen LogP contribution in [0.5, 0.6) is 0 Å². The number of anilines is 1. The molecule has 2 heterocycles. The Morgan fingerprint density at radius 3 is 1.83 bits per heavy atom. The fourth-order valence-electron chi connectivity index (χ4n) is 6.63. The molecule has 76 heavy (non-hydrogen) atoms. The van der Waals surface area contributed by atoms with Crippen molar-refractivity contribution >= 4 is 62.3 Å². The van der Waals surface area contributed by atoms with Gasteiger partial charge >= 0.3 is 0 Å². The molecule has 4 aromatic rings. The van der Waals surface area contributed by atoms with Gasteiger partial charge in [0.05, 0.1) is 55.7 Å². The molecule has 0 aliphatic carbocycles. The summed E-state index contributed by atoms with van der Waals surface area (Å²) in [6, 6.07) is 16.0. The lowest BCUT2D eigenvalue weighted by Gasteiger charge is -2.25. The Kier molecular flexibility index (Phi) is 42.1. The van der Waals surface area contributed by atoms with E-state index in [1.807, 2.05) is 64.4 Å². The molecular weight excluding hydrogens is 1010 g/mol. The highest BCUT2D eigenvalue weighted by Crippen LogP contribution is 2.42. The van der Waals surface area contributed by atoms with E-state index >= 15 is 0 Å². The van der Waals surface area contributed by atoms with Crippen LogP contribution >= 0.6 is 34.3 Å². The molecule has 11 nitrogen and oxygen atoms in total. The summed E-state index contributed by atoms with van der Waals surface area (Å²) in [7, 11) is 0. The zero-order valence-electron chi connectivity index (χ0n) is 49.8. The largest absolute Gasteiger partial charge is 0.401 e. The Morgan fingerprint density at radius 2 is 1.38 bits per heavy atom. The molecule has 2 aromatic heterocycles. The van der Waals surface area contributed by atoms with Crippen LogP contribution in [0, 0.1) is 42.9 Å². The molecule has 0 fully saturated rings. The highest BCUT2D eigenvalue weighted by Gasteiger charge is 2.25. The Morgan fingerprint density at radius 1 is 0.842 bits per heavy atom. The number of benzene rings is 2. The maximum absolute atomic E-state index is 11.4. The first-order chi connectivity index (χ1) is 36.0. The summed E-state index contributed by atoms with van der Waals surface area (Å²) in [5.41, 5.74) is 21.9. The molecule has 0 aliphatic heterocycles. The summed E-state index contributed by atoms with van der Waals surface area (Å²) < 4.78 is 15.8. The molecule has 0 amide bonds. The predicted octanol–water partition coefficient (Wildman–Crippen LogP) is 16.9. The lowest BCUT2D eigenvalue weighted by Crippen LogP contribution is -2.34. The number of aromatic nitrogens is 1. The number of aryl methyl sites for hydroxylation is 2. The minimum absolute atomic E-state index is 0.153. The fraction of sp³-hybridized carbons (Fsp3) is 0.548. The number of allylic oxidation sites excluding steroid dienone is 1. The first kappa shape index (κ1) is 73.6. The van der Waals surface area contributed by atoms with Crippen molar-refractivity contribution < 1.29 is 19.0 Å². The smallest absolute Gasteiger partial charge is 0.136 e. The molecule has 1 atom stereocenters. The summed E-state index contributed by atoms with van der Waals surface area (Å²) in [6.45, 7) is 47.0.